The van der Waals surface area contributed by atoms with Gasteiger partial charge < -0.3 is 40.1 Å². The monoisotopic (exact) mass is 1720 g/mol. The van der Waals surface area contributed by atoms with E-state index in [4.69, 9.17) is 74.9 Å². The van der Waals surface area contributed by atoms with Crippen molar-refractivity contribution in [1.82, 2.24) is 100 Å². The van der Waals surface area contributed by atoms with Gasteiger partial charge in [0, 0.05) is 90.9 Å². The molecule has 0 aliphatic heterocycles. The van der Waals surface area contributed by atoms with Crippen molar-refractivity contribution in [3.8, 4) is 113 Å². The summed E-state index contributed by atoms with van der Waals surface area (Å²) < 4.78 is 43.3. The van der Waals surface area contributed by atoms with Gasteiger partial charge in [0.15, 0.2) is 10.3 Å². The molecule has 0 radical (unpaired) electrons. The molecule has 35 heteroatoms. The van der Waals surface area contributed by atoms with Crippen LogP contribution < -0.4 is 40.1 Å². The lowest BCUT2D eigenvalue weighted by Gasteiger charge is -2.12. The average molecular weight is 1720 g/mol. The number of H-pyrrole nitrogens is 3. The highest BCUT2D eigenvalue weighted by molar-refractivity contribution is 7.22. The van der Waals surface area contributed by atoms with E-state index in [1.54, 1.807) is 65.6 Å². The van der Waals surface area contributed by atoms with Crippen molar-refractivity contribution in [2.24, 2.45) is 7.05 Å². The maximum Gasteiger partial charge on any atom is 0.181 e. The van der Waals surface area contributed by atoms with Gasteiger partial charge in [-0.3, -0.25) is 39.9 Å². The standard InChI is InChI=1S/C19H16FN5.C18H13ClFN5.C18H14FN5.C17H12ClN5S.C15H12ClN7S/c1-10-7-13(8-14-9-22-25-16(10)14)18-17(24-19(21)11(2)23-18)12-3-5-15(20)6-4-12;1-9-13-6-11(7-14(19)18(13)25-24-9)16-17(23-15(21)8-22-16)10-2-4-12(20)5-3-10;1-10-14-8-12(4-7-15(14)24-23-10)17-18(22-16(20)9-21-17)11-2-5-13(19)6-3-11;18-11-6-10(7-12-16(11)23-17(20)24-12)14-15(22-13(19)8-21-14)9-4-2-1-3-5-9;1-23-3-2-9(22-23)14-12(19-6-11(17)20-14)7-4-8(16)13-10(5-7)24-15(18)21-13/h3-9H,1-2H3,(H2,21,24)(H,22,25);2-8H,1H3,(H2,21,23)(H,24,25);2-9H,1H3,(H2,20,22)(H,23,24);1-8H,(H2,19,22)(H2,20,23);2-6H,1H3,(H2,17,20)(H2,18,21). The van der Waals surface area contributed by atoms with Gasteiger partial charge >= 0.3 is 0 Å². The van der Waals surface area contributed by atoms with E-state index < -0.39 is 0 Å². The maximum atomic E-state index is 13.3. The molecule has 0 aliphatic rings. The number of nitrogens with two attached hydrogens (primary N) is 7. The summed E-state index contributed by atoms with van der Waals surface area (Å²) in [5.41, 5.74) is 63.1. The molecule has 0 unspecified atom stereocenters. The van der Waals surface area contributed by atoms with Crippen molar-refractivity contribution in [2.45, 2.75) is 27.7 Å². The third-order valence-electron chi connectivity index (χ3n) is 19.2. The molecule has 11 aromatic heterocycles. The van der Waals surface area contributed by atoms with Crippen LogP contribution in [-0.2, 0) is 7.05 Å². The summed E-state index contributed by atoms with van der Waals surface area (Å²) in [5, 5.41) is 31.3. The highest BCUT2D eigenvalue weighted by atomic mass is 35.5. The predicted octanol–water partition coefficient (Wildman–Crippen LogP) is 19.3. The third kappa shape index (κ3) is 17.2. The lowest BCUT2D eigenvalue weighted by atomic mass is 10.0. The Bertz CT molecular complexity index is 7350. The van der Waals surface area contributed by atoms with Gasteiger partial charge in [-0.25, -0.2) is 53.0 Å². The minimum Gasteiger partial charge on any atom is -0.382 e. The molecule has 27 nitrogen and oxygen atoms in total. The van der Waals surface area contributed by atoms with Crippen molar-refractivity contribution in [2.75, 3.05) is 40.1 Å². The van der Waals surface area contributed by atoms with Gasteiger partial charge in [-0.2, -0.15) is 20.4 Å². The van der Waals surface area contributed by atoms with E-state index in [0.717, 1.165) is 104 Å². The summed E-state index contributed by atoms with van der Waals surface area (Å²) in [6.45, 7) is 7.72. The molecule has 0 spiro atoms. The summed E-state index contributed by atoms with van der Waals surface area (Å²) in [4.78, 5) is 53.2. The maximum absolute atomic E-state index is 13.3. The fourth-order valence-corrected chi connectivity index (χ4v) is 15.9. The van der Waals surface area contributed by atoms with E-state index in [-0.39, 0.29) is 23.3 Å². The Balaban J connectivity index is 0.000000113. The van der Waals surface area contributed by atoms with Gasteiger partial charge in [-0.05, 0) is 173 Å². The topological polar surface area (TPSA) is 441 Å². The molecule has 0 saturated carbocycles. The first-order valence-electron chi connectivity index (χ1n) is 37.0. The van der Waals surface area contributed by atoms with Crippen LogP contribution in [-0.4, -0.2) is 100 Å². The Hall–Kier alpha value is -15.0. The van der Waals surface area contributed by atoms with Gasteiger partial charge in [-0.1, -0.05) is 93.9 Å². The third-order valence-corrected chi connectivity index (χ3v) is 21.7. The Kier molecular flexibility index (Phi) is 22.6. The van der Waals surface area contributed by atoms with Gasteiger partial charge in [0.25, 0.3) is 0 Å². The average Bonchev–Trinajstić information content (AvgIpc) is 1.25. The minimum atomic E-state index is -0.319. The second-order valence-electron chi connectivity index (χ2n) is 27.7. The first-order valence-corrected chi connectivity index (χ1v) is 39.8. The summed E-state index contributed by atoms with van der Waals surface area (Å²) in [6, 6.07) is 51.2. The predicted molar refractivity (Wildman–Crippen MR) is 481 cm³/mol. The zero-order valence-electron chi connectivity index (χ0n) is 64.9. The smallest absolute Gasteiger partial charge is 0.181 e. The van der Waals surface area contributed by atoms with Crippen molar-refractivity contribution in [3.05, 3.63) is 268 Å². The molecule has 0 amide bonds. The molecule has 11 heterocycles. The molecule has 20 rings (SSSR count). The van der Waals surface area contributed by atoms with E-state index in [1.165, 1.54) is 77.7 Å². The number of hydrogen-bond donors (Lipinski definition) is 10. The number of hydrogen-bond acceptors (Lipinski definition) is 25. The molecule has 122 heavy (non-hydrogen) atoms. The number of thiazole rings is 2. The van der Waals surface area contributed by atoms with Crippen LogP contribution in [0, 0.1) is 45.1 Å². The number of nitrogen functional groups attached to an aromatic ring is 7. The summed E-state index contributed by atoms with van der Waals surface area (Å²) in [6.07, 6.45) is 9.68. The van der Waals surface area contributed by atoms with Crippen molar-refractivity contribution in [1.29, 1.82) is 0 Å². The molecule has 17 N–H and O–H groups in total. The van der Waals surface area contributed by atoms with E-state index in [9.17, 15) is 13.2 Å². The van der Waals surface area contributed by atoms with E-state index in [2.05, 4.69) is 95.5 Å². The molecule has 0 fully saturated rings. The lowest BCUT2D eigenvalue weighted by Crippen LogP contribution is -2.02. The van der Waals surface area contributed by atoms with Crippen molar-refractivity contribution < 1.29 is 13.2 Å². The van der Waals surface area contributed by atoms with E-state index >= 15 is 0 Å². The number of benzene rings is 9. The first-order chi connectivity index (χ1) is 58.8. The van der Waals surface area contributed by atoms with Crippen LogP contribution in [0.25, 0.3) is 166 Å². The second-order valence-corrected chi connectivity index (χ2v) is 31.1. The molecule has 20 aromatic rings. The lowest BCUT2D eigenvalue weighted by molar-refractivity contribution is 0.627. The van der Waals surface area contributed by atoms with E-state index in [1.807, 2.05) is 132 Å². The first kappa shape index (κ1) is 80.8. The van der Waals surface area contributed by atoms with E-state index in [0.29, 0.717) is 133 Å². The summed E-state index contributed by atoms with van der Waals surface area (Å²) in [7, 11) is 1.84. The Morgan fingerprint density at radius 3 is 1.30 bits per heavy atom. The largest absolute Gasteiger partial charge is 0.382 e. The molecule has 604 valence electrons. The quantitative estimate of drug-likeness (QED) is 0.0608. The van der Waals surface area contributed by atoms with Crippen LogP contribution >= 0.6 is 57.5 Å². The number of aryl methyl sites for hydroxylation is 5. The van der Waals surface area contributed by atoms with Gasteiger partial charge in [0.2, 0.25) is 0 Å². The Morgan fingerprint density at radius 2 is 0.787 bits per heavy atom. The Morgan fingerprint density at radius 1 is 0.369 bits per heavy atom. The normalized spacial score (nSPS) is 11.1. The SMILES string of the molecule is Cc1[nH]nc2c(Cl)cc(-c3ncc(N)nc3-c3ccc(F)cc3)cc12.Cc1[nH]nc2ccc(-c3ncc(N)nc3-c3ccc(F)cc3)cc12.Cc1nc(-c2cc(C)c3[nH]ncc3c2)c(-c2ccc(F)cc2)nc1N.Cn1ccc(-c2nc(N)cnc2-c2cc(Cl)c3nc(N)sc3c2)n1.Nc1cnc(-c2cc(Cl)c3nc(N)sc3c2)c(-c2ccccc2)n1. The molecule has 0 aliphatic carbocycles. The fourth-order valence-electron chi connectivity index (χ4n) is 13.4. The molecule has 0 atom stereocenters. The number of anilines is 7. The number of nitrogens with zero attached hydrogens (tertiary/aromatic N) is 17. The molecule has 9 aromatic carbocycles. The Labute approximate surface area is 714 Å². The second kappa shape index (κ2) is 34.2. The number of rotatable bonds is 10. The van der Waals surface area contributed by atoms with Crippen LogP contribution in [0.4, 0.5) is 52.5 Å². The van der Waals surface area contributed by atoms with Gasteiger partial charge in [0.1, 0.15) is 74.5 Å². The number of halogens is 6. The zero-order valence-corrected chi connectivity index (χ0v) is 68.8. The molecule has 0 bridgehead atoms. The van der Waals surface area contributed by atoms with Crippen LogP contribution in [0.3, 0.4) is 0 Å². The van der Waals surface area contributed by atoms with Crippen molar-refractivity contribution in [3.63, 3.8) is 0 Å². The molecular formula is C87H67Cl3F3N27S2. The van der Waals surface area contributed by atoms with Crippen LogP contribution in [0.5, 0.6) is 0 Å². The summed E-state index contributed by atoms with van der Waals surface area (Å²) in [5.74, 6) is 0.750. The van der Waals surface area contributed by atoms with Crippen LogP contribution in [0.2, 0.25) is 15.1 Å². The van der Waals surface area contributed by atoms with Gasteiger partial charge in [0.05, 0.1) is 123 Å². The van der Waals surface area contributed by atoms with Crippen molar-refractivity contribution >= 4 is 150 Å². The highest BCUT2D eigenvalue weighted by Crippen LogP contribution is 2.42. The number of nitrogens with one attached hydrogen (secondary N) is 3. The zero-order chi connectivity index (χ0) is 85.3. The fraction of sp³-hybridized carbons (Fsp3) is 0.0575. The highest BCUT2D eigenvalue weighted by Gasteiger charge is 2.23. The van der Waals surface area contributed by atoms with Gasteiger partial charge in [-0.15, -0.1) is 0 Å². The number of fused-ring (bicyclic) bond motifs is 5. The number of aromatic amines is 3. The number of aromatic nitrogens is 20. The van der Waals surface area contributed by atoms with Crippen LogP contribution in [0.1, 0.15) is 22.6 Å². The molecule has 0 saturated heterocycles. The minimum absolute atomic E-state index is 0.287. The molecular weight excluding hydrogens is 1650 g/mol. The summed E-state index contributed by atoms with van der Waals surface area (Å²) >= 11 is 21.9. The van der Waals surface area contributed by atoms with Crippen LogP contribution in [0.15, 0.2) is 213 Å².